The molecular weight excluding hydrogens is 255 g/mol. The minimum absolute atomic E-state index is 0.357. The lowest BCUT2D eigenvalue weighted by molar-refractivity contribution is -0.137. The fourth-order valence-electron chi connectivity index (χ4n) is 1.68. The van der Waals surface area contributed by atoms with E-state index >= 15 is 0 Å². The van der Waals surface area contributed by atoms with Gasteiger partial charge in [-0.2, -0.15) is 13.2 Å². The number of halogens is 3. The molecule has 0 aliphatic rings. The van der Waals surface area contributed by atoms with E-state index in [0.717, 1.165) is 17.7 Å². The van der Waals surface area contributed by atoms with Crippen LogP contribution in [0.2, 0.25) is 0 Å². The van der Waals surface area contributed by atoms with Crippen molar-refractivity contribution in [3.8, 4) is 11.1 Å². The molecule has 0 heterocycles. The molecule has 1 amide bonds. The van der Waals surface area contributed by atoms with Crippen LogP contribution in [0, 0.1) is 0 Å². The Bertz CT molecular complexity index is 586. The number of benzene rings is 2. The summed E-state index contributed by atoms with van der Waals surface area (Å²) in [5.74, 6) is -0.543. The molecule has 0 spiro atoms. The van der Waals surface area contributed by atoms with Gasteiger partial charge in [-0.3, -0.25) is 4.79 Å². The van der Waals surface area contributed by atoms with E-state index in [4.69, 9.17) is 5.73 Å². The molecule has 0 saturated carbocycles. The third-order valence-electron chi connectivity index (χ3n) is 2.71. The maximum Gasteiger partial charge on any atom is 0.416 e. The molecule has 0 saturated heterocycles. The summed E-state index contributed by atoms with van der Waals surface area (Å²) in [4.78, 5) is 10.9. The standard InChI is InChI=1S/C14H10F3NO/c15-14(16,17)12-7-5-10(6-8-12)9-1-3-11(4-2-9)13(18)19/h1-8H,(H2,18,19). The average molecular weight is 265 g/mol. The third kappa shape index (κ3) is 2.93. The van der Waals surface area contributed by atoms with Crippen LogP contribution in [-0.2, 0) is 6.18 Å². The summed E-state index contributed by atoms with van der Waals surface area (Å²) < 4.78 is 37.2. The molecule has 2 rings (SSSR count). The zero-order valence-electron chi connectivity index (χ0n) is 9.74. The van der Waals surface area contributed by atoms with Crippen LogP contribution in [0.15, 0.2) is 48.5 Å². The van der Waals surface area contributed by atoms with Crippen molar-refractivity contribution in [1.82, 2.24) is 0 Å². The highest BCUT2D eigenvalue weighted by molar-refractivity contribution is 5.93. The van der Waals surface area contributed by atoms with Crippen LogP contribution in [0.25, 0.3) is 11.1 Å². The number of carbonyl (C=O) groups excluding carboxylic acids is 1. The number of rotatable bonds is 2. The Balaban J connectivity index is 2.30. The maximum absolute atomic E-state index is 12.4. The maximum atomic E-state index is 12.4. The van der Waals surface area contributed by atoms with Crippen molar-refractivity contribution in [2.75, 3.05) is 0 Å². The van der Waals surface area contributed by atoms with Crippen LogP contribution in [0.1, 0.15) is 15.9 Å². The second kappa shape index (κ2) is 4.76. The highest BCUT2D eigenvalue weighted by atomic mass is 19.4. The van der Waals surface area contributed by atoms with Crippen molar-refractivity contribution in [2.24, 2.45) is 5.73 Å². The lowest BCUT2D eigenvalue weighted by atomic mass is 10.0. The molecule has 0 aliphatic carbocycles. The van der Waals surface area contributed by atoms with Gasteiger partial charge in [0.2, 0.25) is 5.91 Å². The number of hydrogen-bond donors (Lipinski definition) is 1. The smallest absolute Gasteiger partial charge is 0.366 e. The lowest BCUT2D eigenvalue weighted by Gasteiger charge is -2.08. The monoisotopic (exact) mass is 265 g/mol. The van der Waals surface area contributed by atoms with Crippen LogP contribution in [-0.4, -0.2) is 5.91 Å². The molecule has 0 fully saturated rings. The second-order valence-corrected chi connectivity index (χ2v) is 4.02. The van der Waals surface area contributed by atoms with Gasteiger partial charge in [-0.15, -0.1) is 0 Å². The molecule has 2 nitrogen and oxygen atoms in total. The fraction of sp³-hybridized carbons (Fsp3) is 0.0714. The van der Waals surface area contributed by atoms with Gasteiger partial charge >= 0.3 is 6.18 Å². The lowest BCUT2D eigenvalue weighted by Crippen LogP contribution is -2.10. The third-order valence-corrected chi connectivity index (χ3v) is 2.71. The second-order valence-electron chi connectivity index (χ2n) is 4.02. The SMILES string of the molecule is NC(=O)c1ccc(-c2ccc(C(F)(F)F)cc2)cc1. The van der Waals surface area contributed by atoms with Gasteiger partial charge in [-0.05, 0) is 35.4 Å². The van der Waals surface area contributed by atoms with Gasteiger partial charge in [0.05, 0.1) is 5.56 Å². The van der Waals surface area contributed by atoms with E-state index in [1.54, 1.807) is 12.1 Å². The molecule has 0 aromatic heterocycles. The normalized spacial score (nSPS) is 11.3. The zero-order chi connectivity index (χ0) is 14.0. The number of amides is 1. The Morgan fingerprint density at radius 2 is 1.26 bits per heavy atom. The minimum atomic E-state index is -4.34. The van der Waals surface area contributed by atoms with Gasteiger partial charge in [0, 0.05) is 5.56 Å². The van der Waals surface area contributed by atoms with Crippen molar-refractivity contribution in [2.45, 2.75) is 6.18 Å². The van der Waals surface area contributed by atoms with Crippen LogP contribution in [0.5, 0.6) is 0 Å². The first-order valence-corrected chi connectivity index (χ1v) is 5.45. The van der Waals surface area contributed by atoms with E-state index in [1.165, 1.54) is 24.3 Å². The fourth-order valence-corrected chi connectivity index (χ4v) is 1.68. The summed E-state index contributed by atoms with van der Waals surface area (Å²) in [7, 11) is 0. The van der Waals surface area contributed by atoms with Crippen LogP contribution < -0.4 is 5.73 Å². The first-order valence-electron chi connectivity index (χ1n) is 5.45. The van der Waals surface area contributed by atoms with Gasteiger partial charge in [0.1, 0.15) is 0 Å². The number of primary amides is 1. The minimum Gasteiger partial charge on any atom is -0.366 e. The summed E-state index contributed by atoms with van der Waals surface area (Å²) >= 11 is 0. The predicted octanol–water partition coefficient (Wildman–Crippen LogP) is 3.47. The van der Waals surface area contributed by atoms with Gasteiger partial charge in [-0.1, -0.05) is 24.3 Å². The van der Waals surface area contributed by atoms with Crippen LogP contribution >= 0.6 is 0 Å². The van der Waals surface area contributed by atoms with E-state index in [9.17, 15) is 18.0 Å². The molecule has 2 aromatic rings. The molecule has 19 heavy (non-hydrogen) atoms. The Labute approximate surface area is 107 Å². The van der Waals surface area contributed by atoms with E-state index in [2.05, 4.69) is 0 Å². The van der Waals surface area contributed by atoms with Crippen molar-refractivity contribution >= 4 is 5.91 Å². The van der Waals surface area contributed by atoms with Crippen molar-refractivity contribution in [3.05, 3.63) is 59.7 Å². The van der Waals surface area contributed by atoms with Crippen LogP contribution in [0.3, 0.4) is 0 Å². The number of nitrogens with two attached hydrogens (primary N) is 1. The van der Waals surface area contributed by atoms with Crippen LogP contribution in [0.4, 0.5) is 13.2 Å². The number of alkyl halides is 3. The Kier molecular flexibility index (Phi) is 3.29. The summed E-state index contributed by atoms with van der Waals surface area (Å²) in [6.07, 6.45) is -4.34. The van der Waals surface area contributed by atoms with E-state index in [-0.39, 0.29) is 0 Å². The molecule has 5 heteroatoms. The van der Waals surface area contributed by atoms with E-state index < -0.39 is 17.6 Å². The number of hydrogen-bond acceptors (Lipinski definition) is 1. The Hall–Kier alpha value is -2.30. The molecule has 0 atom stereocenters. The Morgan fingerprint density at radius 1 is 0.842 bits per heavy atom. The quantitative estimate of drug-likeness (QED) is 0.887. The summed E-state index contributed by atoms with van der Waals surface area (Å²) in [5, 5.41) is 0. The van der Waals surface area contributed by atoms with E-state index in [0.29, 0.717) is 11.1 Å². The highest BCUT2D eigenvalue weighted by Gasteiger charge is 2.29. The van der Waals surface area contributed by atoms with Gasteiger partial charge in [0.25, 0.3) is 0 Å². The molecule has 0 unspecified atom stereocenters. The Morgan fingerprint density at radius 3 is 1.63 bits per heavy atom. The molecule has 0 bridgehead atoms. The molecule has 98 valence electrons. The predicted molar refractivity (Wildman–Crippen MR) is 65.4 cm³/mol. The van der Waals surface area contributed by atoms with Crippen molar-refractivity contribution < 1.29 is 18.0 Å². The molecule has 2 aromatic carbocycles. The number of carbonyl (C=O) groups is 1. The highest BCUT2D eigenvalue weighted by Crippen LogP contribution is 2.30. The first kappa shape index (κ1) is 13.1. The zero-order valence-corrected chi connectivity index (χ0v) is 9.74. The van der Waals surface area contributed by atoms with Crippen molar-refractivity contribution in [1.29, 1.82) is 0 Å². The topological polar surface area (TPSA) is 43.1 Å². The average Bonchev–Trinajstić information content (AvgIpc) is 2.38. The first-order chi connectivity index (χ1) is 8.88. The van der Waals surface area contributed by atoms with Gasteiger partial charge in [-0.25, -0.2) is 0 Å². The molecule has 0 aliphatic heterocycles. The summed E-state index contributed by atoms with van der Waals surface area (Å²) in [5.41, 5.74) is 6.14. The van der Waals surface area contributed by atoms with E-state index in [1.807, 2.05) is 0 Å². The summed E-state index contributed by atoms with van der Waals surface area (Å²) in [6, 6.07) is 11.2. The summed E-state index contributed by atoms with van der Waals surface area (Å²) in [6.45, 7) is 0. The molecule has 0 radical (unpaired) electrons. The largest absolute Gasteiger partial charge is 0.416 e. The van der Waals surface area contributed by atoms with Crippen molar-refractivity contribution in [3.63, 3.8) is 0 Å². The van der Waals surface area contributed by atoms with Gasteiger partial charge < -0.3 is 5.73 Å². The molecular formula is C14H10F3NO. The van der Waals surface area contributed by atoms with Gasteiger partial charge in [0.15, 0.2) is 0 Å². The molecule has 2 N–H and O–H groups in total.